The second-order valence-electron chi connectivity index (χ2n) is 5.62. The van der Waals surface area contributed by atoms with E-state index in [0.29, 0.717) is 32.1 Å². The summed E-state index contributed by atoms with van der Waals surface area (Å²) in [5, 5.41) is 11.4. The third kappa shape index (κ3) is 5.01. The number of H-pyrrole nitrogens is 1. The lowest BCUT2D eigenvalue weighted by Crippen LogP contribution is -2.15. The standard InChI is InChI=1S/C18H14Cl3N5O2/c1-10-17(23-18(27)26-24-10)25-22-8-11-2-4-12(5-3-11)28-9-13-14(19)6-7-15(20)16(13)21/h2-8H,9H2,1H3,(H2,23,25,26,27)/b22-8+. The average molecular weight is 439 g/mol. The molecule has 0 fully saturated rings. The van der Waals surface area contributed by atoms with Gasteiger partial charge < -0.3 is 4.74 Å². The van der Waals surface area contributed by atoms with Gasteiger partial charge in [0.25, 0.3) is 0 Å². The van der Waals surface area contributed by atoms with Crippen LogP contribution >= 0.6 is 34.8 Å². The van der Waals surface area contributed by atoms with E-state index in [2.05, 4.69) is 25.7 Å². The molecule has 0 radical (unpaired) electrons. The lowest BCUT2D eigenvalue weighted by molar-refractivity contribution is 0.306. The molecular weight excluding hydrogens is 425 g/mol. The molecule has 1 aromatic heterocycles. The SMILES string of the molecule is Cc1n[nH]c(=O)nc1N/N=C/c1ccc(OCc2c(Cl)ccc(Cl)c2Cl)cc1. The van der Waals surface area contributed by atoms with Crippen LogP contribution in [0.5, 0.6) is 5.75 Å². The molecule has 10 heteroatoms. The van der Waals surface area contributed by atoms with Gasteiger partial charge in [-0.25, -0.2) is 9.89 Å². The predicted octanol–water partition coefficient (Wildman–Crippen LogP) is 4.46. The van der Waals surface area contributed by atoms with E-state index in [0.717, 1.165) is 5.56 Å². The van der Waals surface area contributed by atoms with Gasteiger partial charge in [0.15, 0.2) is 5.82 Å². The Morgan fingerprint density at radius 1 is 1.14 bits per heavy atom. The van der Waals surface area contributed by atoms with Crippen molar-refractivity contribution in [2.75, 3.05) is 5.43 Å². The maximum absolute atomic E-state index is 11.2. The zero-order valence-electron chi connectivity index (χ0n) is 14.5. The highest BCUT2D eigenvalue weighted by atomic mass is 35.5. The molecule has 2 aromatic carbocycles. The summed E-state index contributed by atoms with van der Waals surface area (Å²) < 4.78 is 5.72. The van der Waals surface area contributed by atoms with Gasteiger partial charge in [0.1, 0.15) is 18.1 Å². The van der Waals surface area contributed by atoms with Crippen molar-refractivity contribution in [3.63, 3.8) is 0 Å². The van der Waals surface area contributed by atoms with Gasteiger partial charge in [-0.2, -0.15) is 15.2 Å². The van der Waals surface area contributed by atoms with Gasteiger partial charge in [-0.3, -0.25) is 5.43 Å². The number of aromatic nitrogens is 3. The smallest absolute Gasteiger partial charge is 0.363 e. The molecule has 0 amide bonds. The van der Waals surface area contributed by atoms with E-state index < -0.39 is 5.69 Å². The van der Waals surface area contributed by atoms with Gasteiger partial charge in [0, 0.05) is 10.6 Å². The van der Waals surface area contributed by atoms with Crippen LogP contribution in [0.4, 0.5) is 5.82 Å². The number of nitrogens with one attached hydrogen (secondary N) is 2. The summed E-state index contributed by atoms with van der Waals surface area (Å²) in [6.07, 6.45) is 1.58. The normalized spacial score (nSPS) is 11.0. The summed E-state index contributed by atoms with van der Waals surface area (Å²) in [6, 6.07) is 10.5. The van der Waals surface area contributed by atoms with Crippen LogP contribution in [-0.4, -0.2) is 21.4 Å². The highest BCUT2D eigenvalue weighted by Gasteiger charge is 2.10. The van der Waals surface area contributed by atoms with Crippen LogP contribution in [0.2, 0.25) is 15.1 Å². The van der Waals surface area contributed by atoms with Crippen LogP contribution in [0, 0.1) is 6.92 Å². The molecule has 0 spiro atoms. The molecule has 0 aliphatic heterocycles. The number of nitrogens with zero attached hydrogens (tertiary/aromatic N) is 3. The summed E-state index contributed by atoms with van der Waals surface area (Å²) in [5.41, 5.74) is 4.10. The van der Waals surface area contributed by atoms with Gasteiger partial charge >= 0.3 is 5.69 Å². The van der Waals surface area contributed by atoms with Crippen LogP contribution in [0.25, 0.3) is 0 Å². The summed E-state index contributed by atoms with van der Waals surface area (Å²) in [4.78, 5) is 14.9. The molecule has 0 saturated carbocycles. The maximum Gasteiger partial charge on any atom is 0.363 e. The van der Waals surface area contributed by atoms with Gasteiger partial charge in [-0.15, -0.1) is 0 Å². The summed E-state index contributed by atoms with van der Waals surface area (Å²) in [6.45, 7) is 1.89. The zero-order chi connectivity index (χ0) is 20.1. The Morgan fingerprint density at radius 2 is 1.86 bits per heavy atom. The fraction of sp³-hybridized carbons (Fsp3) is 0.111. The zero-order valence-corrected chi connectivity index (χ0v) is 16.8. The van der Waals surface area contributed by atoms with Gasteiger partial charge in [-0.05, 0) is 48.9 Å². The first-order chi connectivity index (χ1) is 13.4. The molecular formula is C18H14Cl3N5O2. The lowest BCUT2D eigenvalue weighted by Gasteiger charge is -2.10. The molecule has 0 saturated heterocycles. The monoisotopic (exact) mass is 437 g/mol. The Hall–Kier alpha value is -2.61. The van der Waals surface area contributed by atoms with Crippen LogP contribution in [-0.2, 0) is 6.61 Å². The number of ether oxygens (including phenoxy) is 1. The van der Waals surface area contributed by atoms with Crippen LogP contribution in [0.15, 0.2) is 46.3 Å². The van der Waals surface area contributed by atoms with E-state index in [1.54, 1.807) is 37.4 Å². The molecule has 2 N–H and O–H groups in total. The molecule has 0 bridgehead atoms. The number of aryl methyl sites for hydroxylation is 1. The third-order valence-corrected chi connectivity index (χ3v) is 4.86. The minimum absolute atomic E-state index is 0.188. The van der Waals surface area contributed by atoms with Crippen molar-refractivity contribution >= 4 is 46.8 Å². The van der Waals surface area contributed by atoms with Crippen molar-refractivity contribution in [3.05, 3.63) is 78.8 Å². The topological polar surface area (TPSA) is 92.3 Å². The summed E-state index contributed by atoms with van der Waals surface area (Å²) >= 11 is 18.3. The predicted molar refractivity (Wildman–Crippen MR) is 111 cm³/mol. The first-order valence-electron chi connectivity index (χ1n) is 8.01. The average Bonchev–Trinajstić information content (AvgIpc) is 2.69. The number of benzene rings is 2. The molecule has 144 valence electrons. The largest absolute Gasteiger partial charge is 0.489 e. The van der Waals surface area contributed by atoms with E-state index in [1.807, 2.05) is 12.1 Å². The molecule has 0 atom stereocenters. The van der Waals surface area contributed by atoms with Crippen molar-refractivity contribution in [3.8, 4) is 5.75 Å². The van der Waals surface area contributed by atoms with Crippen molar-refractivity contribution in [2.24, 2.45) is 5.10 Å². The Morgan fingerprint density at radius 3 is 2.61 bits per heavy atom. The van der Waals surface area contributed by atoms with E-state index in [1.165, 1.54) is 0 Å². The van der Waals surface area contributed by atoms with Gasteiger partial charge in [0.05, 0.1) is 16.3 Å². The highest BCUT2D eigenvalue weighted by molar-refractivity contribution is 6.44. The van der Waals surface area contributed by atoms with Crippen molar-refractivity contribution in [2.45, 2.75) is 13.5 Å². The molecule has 0 unspecified atom stereocenters. The molecule has 28 heavy (non-hydrogen) atoms. The summed E-state index contributed by atoms with van der Waals surface area (Å²) in [5.74, 6) is 0.920. The van der Waals surface area contributed by atoms with E-state index in [9.17, 15) is 4.79 Å². The molecule has 3 rings (SSSR count). The number of hydrogen-bond acceptors (Lipinski definition) is 6. The second-order valence-corrected chi connectivity index (χ2v) is 6.82. The molecule has 0 aliphatic rings. The van der Waals surface area contributed by atoms with Crippen LogP contribution < -0.4 is 15.9 Å². The fourth-order valence-corrected chi connectivity index (χ4v) is 2.83. The van der Waals surface area contributed by atoms with Gasteiger partial charge in [0.2, 0.25) is 0 Å². The van der Waals surface area contributed by atoms with E-state index >= 15 is 0 Å². The minimum atomic E-state index is -0.551. The second kappa shape index (κ2) is 9.05. The number of hydrazone groups is 1. The number of halogens is 3. The van der Waals surface area contributed by atoms with Crippen LogP contribution in [0.3, 0.4) is 0 Å². The fourth-order valence-electron chi connectivity index (χ4n) is 2.17. The lowest BCUT2D eigenvalue weighted by atomic mass is 10.2. The Balaban J connectivity index is 1.61. The Kier molecular flexibility index (Phi) is 6.51. The number of rotatable bonds is 6. The van der Waals surface area contributed by atoms with E-state index in [4.69, 9.17) is 39.5 Å². The minimum Gasteiger partial charge on any atom is -0.489 e. The maximum atomic E-state index is 11.2. The number of hydrogen-bond donors (Lipinski definition) is 2. The molecule has 0 aliphatic carbocycles. The number of anilines is 1. The van der Waals surface area contributed by atoms with Crippen molar-refractivity contribution < 1.29 is 4.74 Å². The van der Waals surface area contributed by atoms with Crippen molar-refractivity contribution in [1.82, 2.24) is 15.2 Å². The van der Waals surface area contributed by atoms with Crippen molar-refractivity contribution in [1.29, 1.82) is 0 Å². The molecule has 3 aromatic rings. The molecule has 1 heterocycles. The number of aromatic amines is 1. The summed E-state index contributed by atoms with van der Waals surface area (Å²) in [7, 11) is 0. The Bertz CT molecular complexity index is 1070. The quantitative estimate of drug-likeness (QED) is 0.337. The first-order valence-corrected chi connectivity index (χ1v) is 9.15. The van der Waals surface area contributed by atoms with Gasteiger partial charge in [-0.1, -0.05) is 34.8 Å². The Labute approximate surface area is 175 Å². The molecule has 7 nitrogen and oxygen atoms in total. The van der Waals surface area contributed by atoms with Crippen LogP contribution in [0.1, 0.15) is 16.8 Å². The highest BCUT2D eigenvalue weighted by Crippen LogP contribution is 2.32. The van der Waals surface area contributed by atoms with E-state index in [-0.39, 0.29) is 12.4 Å². The first kappa shape index (κ1) is 20.1. The third-order valence-electron chi connectivity index (χ3n) is 3.66.